The molecule has 2 nitrogen and oxygen atoms in total. The Balaban J connectivity index is 1.29. The van der Waals surface area contributed by atoms with Crippen LogP contribution in [0.4, 0.5) is 4.39 Å². The Kier molecular flexibility index (Phi) is 8.09. The van der Waals surface area contributed by atoms with Crippen LogP contribution in [0, 0.1) is 29.5 Å². The molecule has 0 amide bonds. The summed E-state index contributed by atoms with van der Waals surface area (Å²) in [6.07, 6.45) is 17.4. The molecule has 0 saturated heterocycles. The summed E-state index contributed by atoms with van der Waals surface area (Å²) < 4.78 is 26.3. The molecule has 0 aromatic heterocycles. The summed E-state index contributed by atoms with van der Waals surface area (Å²) in [5, 5.41) is 0. The van der Waals surface area contributed by atoms with Crippen molar-refractivity contribution in [2.24, 2.45) is 23.7 Å². The van der Waals surface area contributed by atoms with Gasteiger partial charge in [-0.1, -0.05) is 18.2 Å². The fraction of sp³-hybridized carbons (Fsp3) is 0.714. The highest BCUT2D eigenvalue weighted by atomic mass is 19.1. The largest absolute Gasteiger partial charge is 0.489 e. The van der Waals surface area contributed by atoms with E-state index in [2.05, 4.69) is 6.92 Å². The van der Waals surface area contributed by atoms with Gasteiger partial charge in [0.05, 0.1) is 6.10 Å². The van der Waals surface area contributed by atoms with Crippen LogP contribution >= 0.6 is 0 Å². The number of ether oxygens (including phenoxy) is 2. The van der Waals surface area contributed by atoms with E-state index in [1.54, 1.807) is 6.07 Å². The van der Waals surface area contributed by atoms with Gasteiger partial charge in [0.1, 0.15) is 18.2 Å². The third-order valence-corrected chi connectivity index (χ3v) is 8.44. The summed E-state index contributed by atoms with van der Waals surface area (Å²) >= 11 is 0. The van der Waals surface area contributed by atoms with E-state index in [-0.39, 0.29) is 5.82 Å². The molecule has 0 aliphatic heterocycles. The quantitative estimate of drug-likeness (QED) is 0.415. The normalized spacial score (nSPS) is 33.9. The van der Waals surface area contributed by atoms with Gasteiger partial charge in [-0.2, -0.15) is 0 Å². The van der Waals surface area contributed by atoms with Crippen LogP contribution in [0.25, 0.3) is 0 Å². The summed E-state index contributed by atoms with van der Waals surface area (Å²) in [5.41, 5.74) is 0.910. The van der Waals surface area contributed by atoms with Crippen LogP contribution in [-0.4, -0.2) is 19.3 Å². The van der Waals surface area contributed by atoms with Gasteiger partial charge in [-0.3, -0.25) is 0 Å². The van der Waals surface area contributed by atoms with Crippen molar-refractivity contribution < 1.29 is 13.9 Å². The van der Waals surface area contributed by atoms with Crippen molar-refractivity contribution in [1.29, 1.82) is 0 Å². The van der Waals surface area contributed by atoms with Crippen LogP contribution < -0.4 is 4.74 Å². The molecule has 0 radical (unpaired) electrons. The molecule has 0 N–H and O–H groups in total. The first-order valence-electron chi connectivity index (χ1n) is 12.8. The molecule has 172 valence electrons. The summed E-state index contributed by atoms with van der Waals surface area (Å²) in [7, 11) is 0. The first kappa shape index (κ1) is 22.8. The molecule has 1 aromatic carbocycles. The molecule has 1 aromatic rings. The number of allylic oxidation sites excluding steroid dienone is 1. The number of fused-ring (bicyclic) bond motifs is 1. The summed E-state index contributed by atoms with van der Waals surface area (Å²) in [5.74, 6) is 4.43. The van der Waals surface area contributed by atoms with Gasteiger partial charge in [-0.25, -0.2) is 4.39 Å². The molecule has 4 rings (SSSR count). The average Bonchev–Trinajstić information content (AvgIpc) is 2.79. The van der Waals surface area contributed by atoms with Crippen LogP contribution in [0.2, 0.25) is 0 Å². The molecule has 0 bridgehead atoms. The predicted molar refractivity (Wildman–Crippen MR) is 125 cm³/mol. The molecule has 0 spiro atoms. The minimum absolute atomic E-state index is 0.0822. The highest BCUT2D eigenvalue weighted by Crippen LogP contribution is 2.51. The maximum atomic E-state index is 14.9. The molecule has 0 heterocycles. The second-order valence-electron chi connectivity index (χ2n) is 10.2. The Morgan fingerprint density at radius 2 is 1.58 bits per heavy atom. The fourth-order valence-corrected chi connectivity index (χ4v) is 6.77. The van der Waals surface area contributed by atoms with Crippen molar-refractivity contribution in [3.63, 3.8) is 0 Å². The third kappa shape index (κ3) is 5.72. The minimum Gasteiger partial charge on any atom is -0.489 e. The monoisotopic (exact) mass is 428 g/mol. The standard InChI is InChI=1S/C28H41FO2/c1-3-5-16-31-26-14-15-27(28(29)19-26)24-9-8-22-17-21(6-7-23(22)18-24)20-10-12-25(13-11-20)30-4-2/h3,5,14-15,19-25H,4,6-13,16-18H2,1-2H3/b5-3+. The van der Waals surface area contributed by atoms with E-state index in [0.29, 0.717) is 24.4 Å². The molecule has 3 fully saturated rings. The lowest BCUT2D eigenvalue weighted by Crippen LogP contribution is -2.35. The summed E-state index contributed by atoms with van der Waals surface area (Å²) in [4.78, 5) is 0. The topological polar surface area (TPSA) is 18.5 Å². The van der Waals surface area contributed by atoms with Gasteiger partial charge in [-0.15, -0.1) is 0 Å². The molecular weight excluding hydrogens is 387 g/mol. The van der Waals surface area contributed by atoms with Crippen molar-refractivity contribution in [3.05, 3.63) is 41.7 Å². The Hall–Kier alpha value is -1.35. The van der Waals surface area contributed by atoms with Gasteiger partial charge in [0, 0.05) is 12.7 Å². The van der Waals surface area contributed by atoms with E-state index >= 15 is 0 Å². The maximum Gasteiger partial charge on any atom is 0.130 e. The Bertz CT molecular complexity index is 722. The van der Waals surface area contributed by atoms with E-state index in [1.807, 2.05) is 31.2 Å². The third-order valence-electron chi connectivity index (χ3n) is 8.44. The SMILES string of the molecule is C/C=C/COc1ccc(C2CCC3CC(C4CCC(OCC)CC4)CCC3C2)c(F)c1. The lowest BCUT2D eigenvalue weighted by atomic mass is 9.60. The molecule has 3 aliphatic rings. The number of benzene rings is 1. The molecule has 4 unspecified atom stereocenters. The molecule has 31 heavy (non-hydrogen) atoms. The molecule has 3 aliphatic carbocycles. The lowest BCUT2D eigenvalue weighted by molar-refractivity contribution is 0.00578. The zero-order chi connectivity index (χ0) is 21.6. The first-order chi connectivity index (χ1) is 15.2. The van der Waals surface area contributed by atoms with E-state index in [9.17, 15) is 4.39 Å². The zero-order valence-electron chi connectivity index (χ0n) is 19.5. The molecule has 4 atom stereocenters. The van der Waals surface area contributed by atoms with E-state index in [0.717, 1.165) is 42.3 Å². The van der Waals surface area contributed by atoms with Gasteiger partial charge in [0.2, 0.25) is 0 Å². The molecule has 3 heteroatoms. The van der Waals surface area contributed by atoms with Crippen LogP contribution in [0.15, 0.2) is 30.4 Å². The maximum absolute atomic E-state index is 14.9. The van der Waals surface area contributed by atoms with Gasteiger partial charge < -0.3 is 9.47 Å². The second kappa shape index (κ2) is 11.0. The highest BCUT2D eigenvalue weighted by molar-refractivity contribution is 5.31. The van der Waals surface area contributed by atoms with Gasteiger partial charge in [-0.05, 0) is 119 Å². The zero-order valence-corrected chi connectivity index (χ0v) is 19.5. The summed E-state index contributed by atoms with van der Waals surface area (Å²) in [6.45, 7) is 5.43. The number of hydrogen-bond acceptors (Lipinski definition) is 2. The van der Waals surface area contributed by atoms with Crippen molar-refractivity contribution in [3.8, 4) is 5.75 Å². The van der Waals surface area contributed by atoms with Crippen molar-refractivity contribution in [2.45, 2.75) is 90.1 Å². The van der Waals surface area contributed by atoms with E-state index < -0.39 is 0 Å². The van der Waals surface area contributed by atoms with E-state index in [4.69, 9.17) is 9.47 Å². The van der Waals surface area contributed by atoms with Crippen LogP contribution in [-0.2, 0) is 4.74 Å². The Morgan fingerprint density at radius 1 is 0.903 bits per heavy atom. The number of halogens is 1. The van der Waals surface area contributed by atoms with Crippen LogP contribution in [0.3, 0.4) is 0 Å². The smallest absolute Gasteiger partial charge is 0.130 e. The molecule has 3 saturated carbocycles. The number of hydrogen-bond donors (Lipinski definition) is 0. The molecular formula is C28H41FO2. The van der Waals surface area contributed by atoms with Crippen molar-refractivity contribution in [2.75, 3.05) is 13.2 Å². The predicted octanol–water partition coefficient (Wildman–Crippen LogP) is 7.68. The van der Waals surface area contributed by atoms with E-state index in [1.165, 1.54) is 57.8 Å². The Labute approximate surface area is 188 Å². The van der Waals surface area contributed by atoms with Gasteiger partial charge >= 0.3 is 0 Å². The first-order valence-corrected chi connectivity index (χ1v) is 12.8. The highest BCUT2D eigenvalue weighted by Gasteiger charge is 2.39. The minimum atomic E-state index is -0.0822. The van der Waals surface area contributed by atoms with Crippen LogP contribution in [0.5, 0.6) is 5.75 Å². The van der Waals surface area contributed by atoms with Gasteiger partial charge in [0.15, 0.2) is 0 Å². The second-order valence-corrected chi connectivity index (χ2v) is 10.2. The summed E-state index contributed by atoms with van der Waals surface area (Å²) in [6, 6.07) is 5.51. The van der Waals surface area contributed by atoms with Crippen LogP contribution in [0.1, 0.15) is 89.5 Å². The fourth-order valence-electron chi connectivity index (χ4n) is 6.77. The lowest BCUT2D eigenvalue weighted by Gasteiger charge is -2.45. The number of rotatable bonds is 7. The Morgan fingerprint density at radius 3 is 2.29 bits per heavy atom. The van der Waals surface area contributed by atoms with Crippen molar-refractivity contribution in [1.82, 2.24) is 0 Å². The van der Waals surface area contributed by atoms with Gasteiger partial charge in [0.25, 0.3) is 0 Å². The average molecular weight is 429 g/mol. The van der Waals surface area contributed by atoms with Crippen molar-refractivity contribution >= 4 is 0 Å².